The van der Waals surface area contributed by atoms with Gasteiger partial charge in [0.15, 0.2) is 0 Å². The quantitative estimate of drug-likeness (QED) is 0.855. The second-order valence-electron chi connectivity index (χ2n) is 7.84. The average molecular weight is 341 g/mol. The number of aryl methyl sites for hydroxylation is 3. The van der Waals surface area contributed by atoms with Gasteiger partial charge in [0.25, 0.3) is 0 Å². The molecule has 134 valence electrons. The van der Waals surface area contributed by atoms with Crippen molar-refractivity contribution in [2.24, 2.45) is 0 Å². The molecule has 0 amide bonds. The van der Waals surface area contributed by atoms with Gasteiger partial charge >= 0.3 is 0 Å². The first-order chi connectivity index (χ1) is 12.0. The molecule has 4 rings (SSSR count). The summed E-state index contributed by atoms with van der Waals surface area (Å²) in [5.74, 6) is 1.77. The molecule has 1 aliphatic carbocycles. The lowest BCUT2D eigenvalue weighted by molar-refractivity contribution is 0.136. The van der Waals surface area contributed by atoms with Gasteiger partial charge in [0.05, 0.1) is 11.4 Å². The van der Waals surface area contributed by atoms with Crippen LogP contribution in [-0.4, -0.2) is 47.2 Å². The van der Waals surface area contributed by atoms with E-state index in [1.54, 1.807) is 0 Å². The van der Waals surface area contributed by atoms with E-state index in [0.717, 1.165) is 43.5 Å². The summed E-state index contributed by atoms with van der Waals surface area (Å²) < 4.78 is 5.35. The van der Waals surface area contributed by atoms with Crippen LogP contribution in [0.5, 0.6) is 0 Å². The van der Waals surface area contributed by atoms with Crippen LogP contribution in [0.4, 0.5) is 5.95 Å². The van der Waals surface area contributed by atoms with Crippen molar-refractivity contribution in [3.8, 4) is 0 Å². The maximum atomic E-state index is 5.35. The van der Waals surface area contributed by atoms with Crippen LogP contribution in [0.15, 0.2) is 10.7 Å². The van der Waals surface area contributed by atoms with Crippen LogP contribution in [0.25, 0.3) is 0 Å². The van der Waals surface area contributed by atoms with E-state index in [0.29, 0.717) is 0 Å². The predicted molar refractivity (Wildman–Crippen MR) is 96.8 cm³/mol. The SMILES string of the molecule is Cc1noc(C)c1CN1CCCC2(CCc3cnc(N(C)C)nc32)C1. The highest BCUT2D eigenvalue weighted by Gasteiger charge is 2.44. The van der Waals surface area contributed by atoms with Crippen molar-refractivity contribution in [1.29, 1.82) is 0 Å². The number of anilines is 1. The van der Waals surface area contributed by atoms with E-state index in [1.165, 1.54) is 36.1 Å². The van der Waals surface area contributed by atoms with E-state index >= 15 is 0 Å². The topological polar surface area (TPSA) is 58.3 Å². The van der Waals surface area contributed by atoms with Crippen LogP contribution in [-0.2, 0) is 18.4 Å². The minimum atomic E-state index is 0.181. The molecule has 0 radical (unpaired) electrons. The van der Waals surface area contributed by atoms with Gasteiger partial charge in [-0.2, -0.15) is 0 Å². The Balaban J connectivity index is 1.61. The number of hydrogen-bond donors (Lipinski definition) is 0. The second-order valence-corrected chi connectivity index (χ2v) is 7.84. The molecular formula is C19H27N5O. The van der Waals surface area contributed by atoms with E-state index in [4.69, 9.17) is 9.51 Å². The summed E-state index contributed by atoms with van der Waals surface area (Å²) in [6.07, 6.45) is 6.76. The number of fused-ring (bicyclic) bond motifs is 2. The summed E-state index contributed by atoms with van der Waals surface area (Å²) in [5.41, 5.74) is 5.06. The van der Waals surface area contributed by atoms with Crippen LogP contribution in [0.1, 0.15) is 47.5 Å². The molecule has 1 spiro atoms. The molecule has 6 heteroatoms. The standard InChI is InChI=1S/C19H27N5O/c1-13-16(14(2)25-22-13)11-24-9-5-7-19(12-24)8-6-15-10-20-18(23(3)4)21-17(15)19/h10H,5-9,11-12H2,1-4H3. The first kappa shape index (κ1) is 16.5. The van der Waals surface area contributed by atoms with Gasteiger partial charge in [-0.1, -0.05) is 5.16 Å². The monoisotopic (exact) mass is 341 g/mol. The van der Waals surface area contributed by atoms with Crippen molar-refractivity contribution in [3.63, 3.8) is 0 Å². The summed E-state index contributed by atoms with van der Waals surface area (Å²) >= 11 is 0. The molecule has 0 saturated carbocycles. The highest BCUT2D eigenvalue weighted by atomic mass is 16.5. The third kappa shape index (κ3) is 2.82. The van der Waals surface area contributed by atoms with E-state index in [2.05, 4.69) is 15.0 Å². The molecule has 1 unspecified atom stereocenters. The van der Waals surface area contributed by atoms with Crippen molar-refractivity contribution in [2.45, 2.75) is 51.5 Å². The van der Waals surface area contributed by atoms with Crippen LogP contribution in [0.3, 0.4) is 0 Å². The minimum Gasteiger partial charge on any atom is -0.361 e. The molecule has 1 atom stereocenters. The Morgan fingerprint density at radius 3 is 2.84 bits per heavy atom. The third-order valence-electron chi connectivity index (χ3n) is 5.85. The molecule has 3 heterocycles. The summed E-state index contributed by atoms with van der Waals surface area (Å²) in [7, 11) is 4.02. The highest BCUT2D eigenvalue weighted by molar-refractivity contribution is 5.39. The molecular weight excluding hydrogens is 314 g/mol. The van der Waals surface area contributed by atoms with Crippen LogP contribution in [0.2, 0.25) is 0 Å². The zero-order chi connectivity index (χ0) is 17.6. The molecule has 1 aliphatic heterocycles. The predicted octanol–water partition coefficient (Wildman–Crippen LogP) is 2.63. The molecule has 2 aromatic heterocycles. The third-order valence-corrected chi connectivity index (χ3v) is 5.85. The molecule has 2 aromatic rings. The first-order valence-electron chi connectivity index (χ1n) is 9.16. The first-order valence-corrected chi connectivity index (χ1v) is 9.16. The normalized spacial score (nSPS) is 23.2. The van der Waals surface area contributed by atoms with Gasteiger partial charge < -0.3 is 9.42 Å². The number of nitrogens with zero attached hydrogens (tertiary/aromatic N) is 5. The smallest absolute Gasteiger partial charge is 0.225 e. The number of piperidine rings is 1. The lowest BCUT2D eigenvalue weighted by atomic mass is 9.77. The Morgan fingerprint density at radius 2 is 2.12 bits per heavy atom. The Labute approximate surface area is 149 Å². The van der Waals surface area contributed by atoms with Crippen LogP contribution >= 0.6 is 0 Å². The maximum Gasteiger partial charge on any atom is 0.225 e. The Kier molecular flexibility index (Phi) is 4.02. The minimum absolute atomic E-state index is 0.181. The highest BCUT2D eigenvalue weighted by Crippen LogP contribution is 2.44. The van der Waals surface area contributed by atoms with E-state index in [9.17, 15) is 0 Å². The second kappa shape index (κ2) is 6.09. The largest absolute Gasteiger partial charge is 0.361 e. The molecule has 25 heavy (non-hydrogen) atoms. The van der Waals surface area contributed by atoms with E-state index in [-0.39, 0.29) is 5.41 Å². The van der Waals surface area contributed by atoms with Gasteiger partial charge in [0.2, 0.25) is 5.95 Å². The molecule has 0 aromatic carbocycles. The molecule has 0 bridgehead atoms. The van der Waals surface area contributed by atoms with Gasteiger partial charge in [-0.3, -0.25) is 4.90 Å². The van der Waals surface area contributed by atoms with Gasteiger partial charge in [0, 0.05) is 44.4 Å². The Bertz CT molecular complexity index is 761. The fourth-order valence-electron chi connectivity index (χ4n) is 4.46. The summed E-state index contributed by atoms with van der Waals surface area (Å²) in [4.78, 5) is 14.0. The van der Waals surface area contributed by atoms with E-state index in [1.807, 2.05) is 39.0 Å². The van der Waals surface area contributed by atoms with Crippen molar-refractivity contribution >= 4 is 5.95 Å². The fourth-order valence-corrected chi connectivity index (χ4v) is 4.46. The van der Waals surface area contributed by atoms with E-state index < -0.39 is 0 Å². The Morgan fingerprint density at radius 1 is 1.28 bits per heavy atom. The zero-order valence-electron chi connectivity index (χ0n) is 15.7. The summed E-state index contributed by atoms with van der Waals surface area (Å²) in [5, 5.41) is 4.11. The van der Waals surface area contributed by atoms with Crippen LogP contribution < -0.4 is 4.90 Å². The van der Waals surface area contributed by atoms with Gasteiger partial charge in [0.1, 0.15) is 5.76 Å². The van der Waals surface area contributed by atoms with Crippen LogP contribution in [0, 0.1) is 13.8 Å². The van der Waals surface area contributed by atoms with Crippen molar-refractivity contribution in [2.75, 3.05) is 32.1 Å². The average Bonchev–Trinajstić information content (AvgIpc) is 3.10. The number of hydrogen-bond acceptors (Lipinski definition) is 6. The van der Waals surface area contributed by atoms with Gasteiger partial charge in [-0.25, -0.2) is 9.97 Å². The molecule has 1 fully saturated rings. The number of rotatable bonds is 3. The van der Waals surface area contributed by atoms with Crippen molar-refractivity contribution in [3.05, 3.63) is 34.5 Å². The number of likely N-dealkylation sites (tertiary alicyclic amines) is 1. The lowest BCUT2D eigenvalue weighted by Crippen LogP contribution is -2.45. The number of aromatic nitrogens is 3. The maximum absolute atomic E-state index is 5.35. The fraction of sp³-hybridized carbons (Fsp3) is 0.632. The molecule has 2 aliphatic rings. The Hall–Kier alpha value is -1.95. The summed E-state index contributed by atoms with van der Waals surface area (Å²) in [6, 6.07) is 0. The molecule has 0 N–H and O–H groups in total. The molecule has 1 saturated heterocycles. The zero-order valence-corrected chi connectivity index (χ0v) is 15.7. The summed E-state index contributed by atoms with van der Waals surface area (Å²) in [6.45, 7) is 7.16. The van der Waals surface area contributed by atoms with Crippen molar-refractivity contribution < 1.29 is 4.52 Å². The lowest BCUT2D eigenvalue weighted by Gasteiger charge is -2.40. The van der Waals surface area contributed by atoms with Gasteiger partial charge in [-0.05, 0) is 51.6 Å². The van der Waals surface area contributed by atoms with Gasteiger partial charge in [-0.15, -0.1) is 0 Å². The molecule has 6 nitrogen and oxygen atoms in total. The van der Waals surface area contributed by atoms with Crippen molar-refractivity contribution in [1.82, 2.24) is 20.0 Å².